The van der Waals surface area contributed by atoms with Gasteiger partial charge in [0.25, 0.3) is 0 Å². The van der Waals surface area contributed by atoms with Crippen LogP contribution in [0.3, 0.4) is 0 Å². The number of nitrogens with two attached hydrogens (primary N) is 1. The zero-order valence-electron chi connectivity index (χ0n) is 15.8. The molecule has 0 radical (unpaired) electrons. The van der Waals surface area contributed by atoms with E-state index >= 15 is 4.39 Å². The van der Waals surface area contributed by atoms with Gasteiger partial charge < -0.3 is 10.3 Å². The summed E-state index contributed by atoms with van der Waals surface area (Å²) in [5.41, 5.74) is 8.35. The van der Waals surface area contributed by atoms with Crippen LogP contribution in [-0.4, -0.2) is 24.3 Å². The van der Waals surface area contributed by atoms with E-state index in [0.717, 1.165) is 6.07 Å². The number of rotatable bonds is 3. The fourth-order valence-corrected chi connectivity index (χ4v) is 3.73. The lowest BCUT2D eigenvalue weighted by Gasteiger charge is -2.03. The van der Waals surface area contributed by atoms with Crippen LogP contribution >= 0.6 is 0 Å². The normalized spacial score (nSPS) is 11.6. The van der Waals surface area contributed by atoms with Crippen molar-refractivity contribution in [2.75, 3.05) is 5.73 Å². The van der Waals surface area contributed by atoms with Gasteiger partial charge in [0.2, 0.25) is 0 Å². The summed E-state index contributed by atoms with van der Waals surface area (Å²) < 4.78 is 45.5. The standard InChI is InChI=1S/C21H15F3N6/c1-29-8-15(18-20(25)26-10-27-21(18)29)14-2-3-17-16(19(14)24)9-30(28-17)7-11-4-12(22)6-13(23)5-11/h2-6,8-10H,7H2,1H3,(H2,25,26,27). The van der Waals surface area contributed by atoms with Crippen molar-refractivity contribution in [2.24, 2.45) is 7.05 Å². The van der Waals surface area contributed by atoms with E-state index in [1.165, 1.54) is 29.3 Å². The number of hydrogen-bond donors (Lipinski definition) is 1. The first-order chi connectivity index (χ1) is 14.4. The number of nitrogens with zero attached hydrogens (tertiary/aromatic N) is 5. The molecule has 0 saturated carbocycles. The van der Waals surface area contributed by atoms with Gasteiger partial charge in [-0.3, -0.25) is 4.68 Å². The van der Waals surface area contributed by atoms with E-state index in [9.17, 15) is 8.78 Å². The van der Waals surface area contributed by atoms with Crippen molar-refractivity contribution in [1.82, 2.24) is 24.3 Å². The Morgan fingerprint density at radius 2 is 1.73 bits per heavy atom. The smallest absolute Gasteiger partial charge is 0.145 e. The van der Waals surface area contributed by atoms with Gasteiger partial charge in [0, 0.05) is 36.6 Å². The van der Waals surface area contributed by atoms with Crippen LogP contribution in [0.15, 0.2) is 49.1 Å². The van der Waals surface area contributed by atoms with Crippen LogP contribution in [-0.2, 0) is 13.6 Å². The van der Waals surface area contributed by atoms with Crippen molar-refractivity contribution < 1.29 is 13.2 Å². The first-order valence-corrected chi connectivity index (χ1v) is 9.07. The van der Waals surface area contributed by atoms with Crippen molar-refractivity contribution in [2.45, 2.75) is 6.54 Å². The van der Waals surface area contributed by atoms with E-state index in [4.69, 9.17) is 5.73 Å². The molecule has 0 fully saturated rings. The van der Waals surface area contributed by atoms with Crippen molar-refractivity contribution in [1.29, 1.82) is 0 Å². The number of benzene rings is 2. The summed E-state index contributed by atoms with van der Waals surface area (Å²) in [4.78, 5) is 8.23. The van der Waals surface area contributed by atoms with E-state index in [-0.39, 0.29) is 17.7 Å². The zero-order chi connectivity index (χ0) is 21.0. The van der Waals surface area contributed by atoms with Crippen LogP contribution < -0.4 is 5.73 Å². The zero-order valence-corrected chi connectivity index (χ0v) is 15.8. The maximum atomic E-state index is 15.4. The minimum absolute atomic E-state index is 0.104. The summed E-state index contributed by atoms with van der Waals surface area (Å²) in [5.74, 6) is -1.56. The Hall–Kier alpha value is -3.88. The number of halogens is 3. The molecule has 0 unspecified atom stereocenters. The Morgan fingerprint density at radius 3 is 2.50 bits per heavy atom. The molecule has 2 aromatic carbocycles. The SMILES string of the molecule is Cn1cc(-c2ccc3nn(Cc4cc(F)cc(F)c4)cc3c2F)c2c(N)ncnc21. The van der Waals surface area contributed by atoms with Crippen molar-refractivity contribution >= 4 is 27.8 Å². The molecule has 5 rings (SSSR count). The van der Waals surface area contributed by atoms with Crippen LogP contribution in [0.2, 0.25) is 0 Å². The molecule has 30 heavy (non-hydrogen) atoms. The highest BCUT2D eigenvalue weighted by Crippen LogP contribution is 2.35. The molecule has 0 bridgehead atoms. The van der Waals surface area contributed by atoms with Gasteiger partial charge in [-0.2, -0.15) is 5.10 Å². The number of nitrogen functional groups attached to an aromatic ring is 1. The second-order valence-electron chi connectivity index (χ2n) is 7.08. The molecule has 0 aliphatic carbocycles. The first-order valence-electron chi connectivity index (χ1n) is 9.07. The molecule has 2 N–H and O–H groups in total. The Bertz CT molecular complexity index is 1420. The van der Waals surface area contributed by atoms with Crippen LogP contribution in [0.1, 0.15) is 5.56 Å². The minimum Gasteiger partial charge on any atom is -0.383 e. The summed E-state index contributed by atoms with van der Waals surface area (Å²) >= 11 is 0. The lowest BCUT2D eigenvalue weighted by molar-refractivity contribution is 0.575. The Labute approximate surface area is 168 Å². The molecule has 6 nitrogen and oxygen atoms in total. The summed E-state index contributed by atoms with van der Waals surface area (Å²) in [6.07, 6.45) is 4.63. The summed E-state index contributed by atoms with van der Waals surface area (Å²) in [6.45, 7) is 0.104. The number of aryl methyl sites for hydroxylation is 1. The minimum atomic E-state index is -0.675. The average molecular weight is 408 g/mol. The van der Waals surface area contributed by atoms with E-state index in [0.29, 0.717) is 33.2 Å². The second kappa shape index (κ2) is 6.58. The van der Waals surface area contributed by atoms with Gasteiger partial charge in [0.15, 0.2) is 0 Å². The molecule has 9 heteroatoms. The monoisotopic (exact) mass is 408 g/mol. The van der Waals surface area contributed by atoms with Crippen molar-refractivity contribution in [3.05, 3.63) is 72.1 Å². The van der Waals surface area contributed by atoms with Crippen LogP contribution in [0.25, 0.3) is 33.1 Å². The molecule has 0 aliphatic rings. The maximum Gasteiger partial charge on any atom is 0.145 e. The molecule has 0 saturated heterocycles. The quantitative estimate of drug-likeness (QED) is 0.489. The third kappa shape index (κ3) is 2.86. The van der Waals surface area contributed by atoms with Gasteiger partial charge in [-0.25, -0.2) is 23.1 Å². The van der Waals surface area contributed by atoms with Gasteiger partial charge in [0.1, 0.15) is 35.2 Å². The number of fused-ring (bicyclic) bond motifs is 2. The average Bonchev–Trinajstić information content (AvgIpc) is 3.24. The highest BCUT2D eigenvalue weighted by molar-refractivity contribution is 6.02. The van der Waals surface area contributed by atoms with Gasteiger partial charge in [-0.1, -0.05) is 0 Å². The first kappa shape index (κ1) is 18.2. The molecular weight excluding hydrogens is 393 g/mol. The Morgan fingerprint density at radius 1 is 0.967 bits per heavy atom. The molecule has 3 aromatic heterocycles. The largest absolute Gasteiger partial charge is 0.383 e. The van der Waals surface area contributed by atoms with E-state index < -0.39 is 17.5 Å². The lowest BCUT2D eigenvalue weighted by Crippen LogP contribution is -2.01. The number of hydrogen-bond acceptors (Lipinski definition) is 4. The van der Waals surface area contributed by atoms with Crippen molar-refractivity contribution in [3.8, 4) is 11.1 Å². The molecule has 5 aromatic rings. The predicted octanol–water partition coefficient (Wildman–Crippen LogP) is 4.03. The summed E-state index contributed by atoms with van der Waals surface area (Å²) in [6, 6.07) is 6.55. The fourth-order valence-electron chi connectivity index (χ4n) is 3.73. The molecule has 0 amide bonds. The van der Waals surface area contributed by atoms with Crippen LogP contribution in [0.4, 0.5) is 19.0 Å². The molecular formula is C21H15F3N6. The predicted molar refractivity (Wildman–Crippen MR) is 107 cm³/mol. The van der Waals surface area contributed by atoms with E-state index in [1.54, 1.807) is 29.9 Å². The number of aromatic nitrogens is 5. The molecule has 3 heterocycles. The van der Waals surface area contributed by atoms with E-state index in [2.05, 4.69) is 15.1 Å². The Kier molecular flexibility index (Phi) is 3.99. The third-order valence-electron chi connectivity index (χ3n) is 5.01. The van der Waals surface area contributed by atoms with Gasteiger partial charge in [-0.05, 0) is 29.8 Å². The fraction of sp³-hybridized carbons (Fsp3) is 0.0952. The molecule has 0 atom stereocenters. The summed E-state index contributed by atoms with van der Waals surface area (Å²) in [5, 5.41) is 5.18. The highest BCUT2D eigenvalue weighted by atomic mass is 19.1. The highest BCUT2D eigenvalue weighted by Gasteiger charge is 2.19. The second-order valence-corrected chi connectivity index (χ2v) is 7.08. The van der Waals surface area contributed by atoms with Crippen molar-refractivity contribution in [3.63, 3.8) is 0 Å². The van der Waals surface area contributed by atoms with Crippen LogP contribution in [0, 0.1) is 17.5 Å². The summed E-state index contributed by atoms with van der Waals surface area (Å²) in [7, 11) is 1.80. The lowest BCUT2D eigenvalue weighted by atomic mass is 10.0. The van der Waals surface area contributed by atoms with Crippen LogP contribution in [0.5, 0.6) is 0 Å². The van der Waals surface area contributed by atoms with Gasteiger partial charge >= 0.3 is 0 Å². The Balaban J connectivity index is 1.62. The van der Waals surface area contributed by atoms with Gasteiger partial charge in [0.05, 0.1) is 22.8 Å². The topological polar surface area (TPSA) is 74.5 Å². The molecule has 150 valence electrons. The maximum absolute atomic E-state index is 15.4. The van der Waals surface area contributed by atoms with Gasteiger partial charge in [-0.15, -0.1) is 0 Å². The molecule has 0 aliphatic heterocycles. The van der Waals surface area contributed by atoms with E-state index in [1.807, 2.05) is 0 Å². The third-order valence-corrected chi connectivity index (χ3v) is 5.01. The number of anilines is 1. The molecule has 0 spiro atoms.